The van der Waals surface area contributed by atoms with Crippen molar-refractivity contribution in [3.63, 3.8) is 0 Å². The third-order valence-electron chi connectivity index (χ3n) is 8.46. The van der Waals surface area contributed by atoms with Crippen LogP contribution in [0.1, 0.15) is 18.4 Å². The zero-order valence-electron chi connectivity index (χ0n) is 15.5. The molecule has 5 heterocycles. The van der Waals surface area contributed by atoms with Crippen molar-refractivity contribution in [2.45, 2.75) is 42.5 Å². The standard InChI is InChI=1S/C22H24N2O3/c1-26-19-17-12-6-9-27-15-10-16(25)24-14-5-3-2-4-13(14)22(20(24)18(15)17)7-8-23(11-12)21(19)22/h2-6,15,17-21H,7-11H2,1H3/t15?,17?,18?,19?,20-,21?,22-/m0/s1. The van der Waals surface area contributed by atoms with Crippen LogP contribution in [0.4, 0.5) is 5.69 Å². The topological polar surface area (TPSA) is 42.0 Å². The smallest absolute Gasteiger partial charge is 0.229 e. The Morgan fingerprint density at radius 3 is 3.04 bits per heavy atom. The quantitative estimate of drug-likeness (QED) is 0.712. The first-order chi connectivity index (χ1) is 13.3. The highest BCUT2D eigenvalue weighted by molar-refractivity contribution is 5.99. The average Bonchev–Trinajstić information content (AvgIpc) is 3.15. The molecule has 1 aliphatic carbocycles. The zero-order chi connectivity index (χ0) is 17.9. The molecule has 7 rings (SSSR count). The Kier molecular flexibility index (Phi) is 2.73. The second-order valence-corrected chi connectivity index (χ2v) is 9.09. The van der Waals surface area contributed by atoms with E-state index in [1.54, 1.807) is 0 Å². The van der Waals surface area contributed by atoms with E-state index in [0.717, 1.165) is 25.2 Å². The molecule has 1 amide bonds. The lowest BCUT2D eigenvalue weighted by molar-refractivity contribution is -0.147. The van der Waals surface area contributed by atoms with Crippen LogP contribution in [0.25, 0.3) is 0 Å². The normalized spacial score (nSPS) is 46.2. The van der Waals surface area contributed by atoms with E-state index < -0.39 is 0 Å². The number of anilines is 1. The van der Waals surface area contributed by atoms with Crippen molar-refractivity contribution in [2.24, 2.45) is 11.8 Å². The molecule has 3 saturated heterocycles. The van der Waals surface area contributed by atoms with Gasteiger partial charge in [-0.2, -0.15) is 0 Å². The van der Waals surface area contributed by atoms with E-state index in [1.807, 2.05) is 7.11 Å². The molecule has 0 N–H and O–H groups in total. The van der Waals surface area contributed by atoms with Crippen molar-refractivity contribution >= 4 is 11.6 Å². The molecule has 27 heavy (non-hydrogen) atoms. The summed E-state index contributed by atoms with van der Waals surface area (Å²) in [5, 5.41) is 0. The third-order valence-corrected chi connectivity index (χ3v) is 8.46. The van der Waals surface area contributed by atoms with Crippen LogP contribution in [0, 0.1) is 11.8 Å². The summed E-state index contributed by atoms with van der Waals surface area (Å²) in [6.07, 6.45) is 4.07. The molecule has 1 aromatic carbocycles. The van der Waals surface area contributed by atoms with Crippen molar-refractivity contribution in [3.8, 4) is 0 Å². The van der Waals surface area contributed by atoms with Gasteiger partial charge in [-0.3, -0.25) is 9.69 Å². The van der Waals surface area contributed by atoms with Crippen molar-refractivity contribution in [1.29, 1.82) is 0 Å². The molecule has 7 atom stereocenters. The molecule has 2 bridgehead atoms. The SMILES string of the molecule is COC1C2C3=CCOC4CC(=O)N5c6ccccc6[C@@]6(CCN(C3)C16)[C@@H]5C42. The first-order valence-electron chi connectivity index (χ1n) is 10.2. The Morgan fingerprint density at radius 2 is 2.15 bits per heavy atom. The van der Waals surface area contributed by atoms with Gasteiger partial charge in [0.2, 0.25) is 5.91 Å². The maximum atomic E-state index is 13.3. The minimum Gasteiger partial charge on any atom is -0.379 e. The van der Waals surface area contributed by atoms with Crippen LogP contribution in [0.5, 0.6) is 0 Å². The lowest BCUT2D eigenvalue weighted by Gasteiger charge is -2.61. The number of nitrogens with zero attached hydrogens (tertiary/aromatic N) is 2. The Labute approximate surface area is 158 Å². The van der Waals surface area contributed by atoms with Gasteiger partial charge in [0.05, 0.1) is 31.3 Å². The van der Waals surface area contributed by atoms with Gasteiger partial charge in [0.1, 0.15) is 0 Å². The summed E-state index contributed by atoms with van der Waals surface area (Å²) < 4.78 is 12.5. The predicted octanol–water partition coefficient (Wildman–Crippen LogP) is 1.72. The minimum atomic E-state index is -0.0218. The highest BCUT2D eigenvalue weighted by atomic mass is 16.5. The maximum absolute atomic E-state index is 13.3. The van der Waals surface area contributed by atoms with Crippen LogP contribution >= 0.6 is 0 Å². The summed E-state index contributed by atoms with van der Waals surface area (Å²) in [6, 6.07) is 9.20. The lowest BCUT2D eigenvalue weighted by atomic mass is 9.52. The van der Waals surface area contributed by atoms with Crippen molar-refractivity contribution in [3.05, 3.63) is 41.5 Å². The molecule has 5 unspecified atom stereocenters. The Morgan fingerprint density at radius 1 is 1.26 bits per heavy atom. The average molecular weight is 364 g/mol. The van der Waals surface area contributed by atoms with E-state index in [9.17, 15) is 4.79 Å². The summed E-state index contributed by atoms with van der Waals surface area (Å²) in [5.41, 5.74) is 3.97. The zero-order valence-corrected chi connectivity index (χ0v) is 15.5. The van der Waals surface area contributed by atoms with Gasteiger partial charge in [-0.05, 0) is 24.6 Å². The number of hydrogen-bond acceptors (Lipinski definition) is 4. The number of carbonyl (C=O) groups excluding carboxylic acids is 1. The summed E-state index contributed by atoms with van der Waals surface area (Å²) >= 11 is 0. The van der Waals surface area contributed by atoms with Crippen LogP contribution in [-0.2, 0) is 19.7 Å². The summed E-state index contributed by atoms with van der Waals surface area (Å²) in [4.78, 5) is 18.1. The molecule has 1 spiro atoms. The number of carbonyl (C=O) groups is 1. The number of piperidine rings is 2. The molecular weight excluding hydrogens is 340 g/mol. The number of hydrogen-bond donors (Lipinski definition) is 0. The largest absolute Gasteiger partial charge is 0.379 e. The number of amides is 1. The Balaban J connectivity index is 1.57. The summed E-state index contributed by atoms with van der Waals surface area (Å²) in [5.74, 6) is 0.927. The Bertz CT molecular complexity index is 897. The maximum Gasteiger partial charge on any atom is 0.229 e. The number of fused-ring (bicyclic) bond motifs is 2. The molecule has 140 valence electrons. The van der Waals surface area contributed by atoms with E-state index >= 15 is 0 Å². The fourth-order valence-corrected chi connectivity index (χ4v) is 7.83. The van der Waals surface area contributed by atoms with Gasteiger partial charge >= 0.3 is 0 Å². The monoisotopic (exact) mass is 364 g/mol. The van der Waals surface area contributed by atoms with Crippen LogP contribution in [0.2, 0.25) is 0 Å². The molecule has 6 aliphatic rings. The fourth-order valence-electron chi connectivity index (χ4n) is 7.83. The van der Waals surface area contributed by atoms with Crippen molar-refractivity contribution in [1.82, 2.24) is 4.90 Å². The van der Waals surface area contributed by atoms with E-state index in [-0.39, 0.29) is 29.6 Å². The summed E-state index contributed by atoms with van der Waals surface area (Å²) in [7, 11) is 1.88. The van der Waals surface area contributed by atoms with E-state index in [2.05, 4.69) is 40.1 Å². The second-order valence-electron chi connectivity index (χ2n) is 9.09. The van der Waals surface area contributed by atoms with E-state index in [1.165, 1.54) is 11.1 Å². The van der Waals surface area contributed by atoms with Gasteiger partial charge in [-0.15, -0.1) is 0 Å². The van der Waals surface area contributed by atoms with Crippen molar-refractivity contribution in [2.75, 3.05) is 31.7 Å². The van der Waals surface area contributed by atoms with Gasteiger partial charge in [-0.25, -0.2) is 0 Å². The number of ether oxygens (including phenoxy) is 2. The lowest BCUT2D eigenvalue weighted by Crippen LogP contribution is -2.74. The first kappa shape index (κ1) is 15.3. The van der Waals surface area contributed by atoms with Gasteiger partial charge in [0.15, 0.2) is 0 Å². The van der Waals surface area contributed by atoms with Gasteiger partial charge in [0.25, 0.3) is 0 Å². The van der Waals surface area contributed by atoms with Crippen LogP contribution in [-0.4, -0.2) is 61.9 Å². The van der Waals surface area contributed by atoms with Gasteiger partial charge < -0.3 is 14.4 Å². The van der Waals surface area contributed by atoms with Gasteiger partial charge in [0, 0.05) is 42.6 Å². The van der Waals surface area contributed by atoms with Gasteiger partial charge in [-0.1, -0.05) is 29.8 Å². The number of rotatable bonds is 1. The number of benzene rings is 1. The molecule has 0 radical (unpaired) electrons. The first-order valence-corrected chi connectivity index (χ1v) is 10.2. The van der Waals surface area contributed by atoms with E-state index in [4.69, 9.17) is 9.47 Å². The minimum absolute atomic E-state index is 0.00874. The highest BCUT2D eigenvalue weighted by Crippen LogP contribution is 2.66. The predicted molar refractivity (Wildman–Crippen MR) is 99.6 cm³/mol. The van der Waals surface area contributed by atoms with Crippen LogP contribution in [0.15, 0.2) is 35.9 Å². The molecule has 5 nitrogen and oxygen atoms in total. The second kappa shape index (κ2) is 4.83. The molecule has 5 aliphatic heterocycles. The third kappa shape index (κ3) is 1.52. The molecule has 1 saturated carbocycles. The molecule has 0 aromatic heterocycles. The highest BCUT2D eigenvalue weighted by Gasteiger charge is 2.74. The molecular formula is C22H24N2O3. The molecule has 4 fully saturated rings. The summed E-state index contributed by atoms with van der Waals surface area (Å²) in [6.45, 7) is 2.74. The van der Waals surface area contributed by atoms with Crippen LogP contribution in [0.3, 0.4) is 0 Å². The molecule has 1 aromatic rings. The number of para-hydroxylation sites is 1. The van der Waals surface area contributed by atoms with Crippen LogP contribution < -0.4 is 4.90 Å². The Hall–Kier alpha value is -1.69. The fraction of sp³-hybridized carbons (Fsp3) is 0.591. The van der Waals surface area contributed by atoms with E-state index in [0.29, 0.717) is 30.9 Å². The van der Waals surface area contributed by atoms with Crippen molar-refractivity contribution < 1.29 is 14.3 Å². The molecule has 5 heteroatoms. The number of methoxy groups -OCH3 is 1.